The SMILES string of the molecule is CCCCc1cc(C2CC2C(=O)O)cc(NC(=O)Nc2ccc(C)cc2)c1OCCCC(F)(F)F. The Labute approximate surface area is 202 Å². The van der Waals surface area contributed by atoms with E-state index in [4.69, 9.17) is 4.74 Å². The molecule has 3 rings (SSSR count). The van der Waals surface area contributed by atoms with Gasteiger partial charge in [-0.05, 0) is 67.9 Å². The van der Waals surface area contributed by atoms with Gasteiger partial charge >= 0.3 is 18.2 Å². The van der Waals surface area contributed by atoms with Crippen LogP contribution < -0.4 is 15.4 Å². The van der Waals surface area contributed by atoms with E-state index in [1.54, 1.807) is 18.2 Å². The van der Waals surface area contributed by atoms with Crippen molar-refractivity contribution in [2.24, 2.45) is 5.92 Å². The van der Waals surface area contributed by atoms with E-state index in [9.17, 15) is 27.9 Å². The molecule has 0 aromatic heterocycles. The summed E-state index contributed by atoms with van der Waals surface area (Å²) in [5.74, 6) is -1.20. The van der Waals surface area contributed by atoms with E-state index < -0.39 is 30.5 Å². The maximum absolute atomic E-state index is 12.8. The number of hydrogen-bond acceptors (Lipinski definition) is 3. The number of carboxylic acid groups (broad SMARTS) is 1. The van der Waals surface area contributed by atoms with Gasteiger partial charge in [-0.15, -0.1) is 0 Å². The molecule has 1 aliphatic carbocycles. The van der Waals surface area contributed by atoms with Crippen molar-refractivity contribution in [2.75, 3.05) is 17.2 Å². The van der Waals surface area contributed by atoms with Gasteiger partial charge in [0.2, 0.25) is 0 Å². The molecule has 0 saturated heterocycles. The summed E-state index contributed by atoms with van der Waals surface area (Å²) in [5, 5.41) is 14.9. The number of carboxylic acids is 1. The number of ether oxygens (including phenoxy) is 1. The van der Waals surface area contributed by atoms with Gasteiger partial charge in [-0.2, -0.15) is 13.2 Å². The lowest BCUT2D eigenvalue weighted by Crippen LogP contribution is -2.20. The minimum atomic E-state index is -4.27. The van der Waals surface area contributed by atoms with Crippen LogP contribution in [0.3, 0.4) is 0 Å². The maximum atomic E-state index is 12.8. The smallest absolute Gasteiger partial charge is 0.389 e. The van der Waals surface area contributed by atoms with Crippen molar-refractivity contribution >= 4 is 23.4 Å². The average molecular weight is 493 g/mol. The summed E-state index contributed by atoms with van der Waals surface area (Å²) in [7, 11) is 0. The fraction of sp³-hybridized carbons (Fsp3) is 0.462. The zero-order valence-electron chi connectivity index (χ0n) is 19.9. The first-order valence-corrected chi connectivity index (χ1v) is 11.8. The number of halogens is 3. The second-order valence-electron chi connectivity index (χ2n) is 8.96. The van der Waals surface area contributed by atoms with Crippen LogP contribution in [0.15, 0.2) is 36.4 Å². The summed E-state index contributed by atoms with van der Waals surface area (Å²) in [4.78, 5) is 24.2. The Morgan fingerprint density at radius 3 is 2.43 bits per heavy atom. The zero-order chi connectivity index (χ0) is 25.6. The molecule has 0 radical (unpaired) electrons. The summed E-state index contributed by atoms with van der Waals surface area (Å²) < 4.78 is 43.6. The molecular formula is C26H31F3N2O4. The van der Waals surface area contributed by atoms with Gasteiger partial charge in [0.25, 0.3) is 0 Å². The molecule has 0 bridgehead atoms. The minimum absolute atomic E-state index is 0.159. The number of rotatable bonds is 11. The normalized spacial score (nSPS) is 17.1. The van der Waals surface area contributed by atoms with Gasteiger partial charge in [-0.1, -0.05) is 37.1 Å². The highest BCUT2D eigenvalue weighted by atomic mass is 19.4. The number of benzene rings is 2. The highest BCUT2D eigenvalue weighted by Crippen LogP contribution is 2.49. The number of nitrogens with one attached hydrogen (secondary N) is 2. The second kappa shape index (κ2) is 11.5. The van der Waals surface area contributed by atoms with E-state index in [0.717, 1.165) is 29.5 Å². The Morgan fingerprint density at radius 2 is 1.83 bits per heavy atom. The van der Waals surface area contributed by atoms with Crippen LogP contribution in [0.25, 0.3) is 0 Å². The molecule has 1 saturated carbocycles. The zero-order valence-corrected chi connectivity index (χ0v) is 19.9. The number of hydrogen-bond donors (Lipinski definition) is 3. The third-order valence-corrected chi connectivity index (χ3v) is 5.93. The monoisotopic (exact) mass is 492 g/mol. The molecule has 3 N–H and O–H groups in total. The molecule has 1 fully saturated rings. The standard InChI is InChI=1S/C26H31F3N2O4/c1-3-4-6-17-13-18(20-15-21(20)24(32)33)14-22(23(17)35-12-5-11-26(27,28)29)31-25(34)30-19-9-7-16(2)8-10-19/h7-10,13-14,20-21H,3-6,11-12,15H2,1-2H3,(H,32,33)(H2,30,31,34). The van der Waals surface area contributed by atoms with Crippen LogP contribution in [0, 0.1) is 12.8 Å². The molecule has 2 atom stereocenters. The molecule has 0 aliphatic heterocycles. The van der Waals surface area contributed by atoms with Gasteiger partial charge in [0, 0.05) is 12.1 Å². The molecule has 1 aliphatic rings. The largest absolute Gasteiger partial charge is 0.491 e. The first-order valence-electron chi connectivity index (χ1n) is 11.8. The van der Waals surface area contributed by atoms with Crippen molar-refractivity contribution in [3.05, 3.63) is 53.1 Å². The van der Waals surface area contributed by atoms with E-state index in [-0.39, 0.29) is 18.9 Å². The van der Waals surface area contributed by atoms with Gasteiger partial charge in [-0.25, -0.2) is 4.79 Å². The van der Waals surface area contributed by atoms with Crippen molar-refractivity contribution in [2.45, 2.75) is 64.5 Å². The number of carbonyl (C=O) groups is 2. The molecule has 2 aromatic rings. The molecular weight excluding hydrogens is 461 g/mol. The van der Waals surface area contributed by atoms with E-state index in [1.807, 2.05) is 32.0 Å². The molecule has 9 heteroatoms. The lowest BCUT2D eigenvalue weighted by molar-refractivity contribution is -0.138. The summed E-state index contributed by atoms with van der Waals surface area (Å²) in [6.07, 6.45) is -2.66. The van der Waals surface area contributed by atoms with Crippen LogP contribution >= 0.6 is 0 Å². The topological polar surface area (TPSA) is 87.7 Å². The van der Waals surface area contributed by atoms with Crippen molar-refractivity contribution in [1.82, 2.24) is 0 Å². The molecule has 6 nitrogen and oxygen atoms in total. The number of urea groups is 1. The Kier molecular flexibility index (Phi) is 8.64. The molecule has 2 unspecified atom stereocenters. The Morgan fingerprint density at radius 1 is 1.11 bits per heavy atom. The van der Waals surface area contributed by atoms with E-state index in [2.05, 4.69) is 10.6 Å². The first-order chi connectivity index (χ1) is 16.6. The number of anilines is 2. The van der Waals surface area contributed by atoms with E-state index >= 15 is 0 Å². The van der Waals surface area contributed by atoms with Gasteiger partial charge < -0.3 is 20.5 Å². The van der Waals surface area contributed by atoms with Crippen LogP contribution in [-0.2, 0) is 11.2 Å². The van der Waals surface area contributed by atoms with Crippen molar-refractivity contribution in [1.29, 1.82) is 0 Å². The summed E-state index contributed by atoms with van der Waals surface area (Å²) >= 11 is 0. The van der Waals surface area contributed by atoms with Crippen LogP contribution in [0.5, 0.6) is 5.75 Å². The molecule has 190 valence electrons. The third kappa shape index (κ3) is 7.90. The molecule has 2 amide bonds. The summed E-state index contributed by atoms with van der Waals surface area (Å²) in [5.41, 5.74) is 3.46. The van der Waals surface area contributed by atoms with Crippen molar-refractivity contribution < 1.29 is 32.6 Å². The first kappa shape index (κ1) is 26.4. The number of aryl methyl sites for hydroxylation is 2. The number of aliphatic carboxylic acids is 1. The van der Waals surface area contributed by atoms with Crippen LogP contribution in [-0.4, -0.2) is 29.9 Å². The van der Waals surface area contributed by atoms with Crippen LogP contribution in [0.1, 0.15) is 61.6 Å². The quantitative estimate of drug-likeness (QED) is 0.298. The highest BCUT2D eigenvalue weighted by Gasteiger charge is 2.44. The minimum Gasteiger partial charge on any atom is -0.491 e. The Bertz CT molecular complexity index is 1040. The van der Waals surface area contributed by atoms with Gasteiger partial charge in [0.15, 0.2) is 0 Å². The molecule has 35 heavy (non-hydrogen) atoms. The van der Waals surface area contributed by atoms with Gasteiger partial charge in [-0.3, -0.25) is 4.79 Å². The maximum Gasteiger partial charge on any atom is 0.389 e. The predicted octanol–water partition coefficient (Wildman–Crippen LogP) is 6.89. The lowest BCUT2D eigenvalue weighted by Gasteiger charge is -2.19. The third-order valence-electron chi connectivity index (χ3n) is 5.93. The van der Waals surface area contributed by atoms with Gasteiger partial charge in [0.05, 0.1) is 18.2 Å². The number of carbonyl (C=O) groups excluding carboxylic acids is 1. The fourth-order valence-corrected chi connectivity index (χ4v) is 3.95. The van der Waals surface area contributed by atoms with Crippen LogP contribution in [0.4, 0.5) is 29.3 Å². The number of alkyl halides is 3. The number of unbranched alkanes of at least 4 members (excludes halogenated alkanes) is 1. The summed E-state index contributed by atoms with van der Waals surface area (Å²) in [6, 6.07) is 10.2. The second-order valence-corrected chi connectivity index (χ2v) is 8.96. The van der Waals surface area contributed by atoms with Crippen molar-refractivity contribution in [3.8, 4) is 5.75 Å². The Hall–Kier alpha value is -3.23. The van der Waals surface area contributed by atoms with E-state index in [0.29, 0.717) is 30.0 Å². The van der Waals surface area contributed by atoms with Crippen molar-refractivity contribution in [3.63, 3.8) is 0 Å². The average Bonchev–Trinajstić information content (AvgIpc) is 3.58. The lowest BCUT2D eigenvalue weighted by atomic mass is 9.99. The molecule has 0 spiro atoms. The van der Waals surface area contributed by atoms with Crippen LogP contribution in [0.2, 0.25) is 0 Å². The molecule has 2 aromatic carbocycles. The molecule has 0 heterocycles. The highest BCUT2D eigenvalue weighted by molar-refractivity contribution is 6.01. The Balaban J connectivity index is 1.87. The predicted molar refractivity (Wildman–Crippen MR) is 128 cm³/mol. The number of amides is 2. The van der Waals surface area contributed by atoms with E-state index in [1.165, 1.54) is 0 Å². The fourth-order valence-electron chi connectivity index (χ4n) is 3.95. The summed E-state index contributed by atoms with van der Waals surface area (Å²) in [6.45, 7) is 3.79. The van der Waals surface area contributed by atoms with Gasteiger partial charge in [0.1, 0.15) is 5.75 Å².